The number of anilines is 3. The molecule has 0 saturated heterocycles. The van der Waals surface area contributed by atoms with Crippen molar-refractivity contribution >= 4 is 40.3 Å². The summed E-state index contributed by atoms with van der Waals surface area (Å²) < 4.78 is 3.45. The van der Waals surface area contributed by atoms with Crippen LogP contribution in [0, 0.1) is 10.8 Å². The Hall–Kier alpha value is -3.93. The monoisotopic (exact) mass is 461 g/mol. The first kappa shape index (κ1) is 20.9. The lowest BCUT2D eigenvalue weighted by Crippen LogP contribution is -2.53. The molecule has 0 amide bonds. The fourth-order valence-electron chi connectivity index (χ4n) is 4.07. The zero-order valence-electron chi connectivity index (χ0n) is 18.7. The van der Waals surface area contributed by atoms with Gasteiger partial charge in [0.2, 0.25) is 0 Å². The fourth-order valence-corrected chi connectivity index (χ4v) is 4.70. The molecule has 1 atom stereocenters. The molecule has 168 valence electrons. The molecule has 0 aliphatic carbocycles. The summed E-state index contributed by atoms with van der Waals surface area (Å²) in [6.07, 6.45) is 7.81. The van der Waals surface area contributed by atoms with E-state index in [-0.39, 0.29) is 11.9 Å². The second kappa shape index (κ2) is 7.89. The number of aromatic nitrogens is 7. The van der Waals surface area contributed by atoms with Crippen LogP contribution in [0.15, 0.2) is 36.2 Å². The Kier molecular flexibility index (Phi) is 5.01. The van der Waals surface area contributed by atoms with Crippen molar-refractivity contribution in [3.8, 4) is 22.1 Å². The standard InChI is InChI=1S/C21H23N11S/c1-5-14-18(23)31(12(2)22)15-10-25-19(26-20(15)32(14)16-6-8-29(3)27-16)13-11-30(4)28-17(13)21-24-7-9-33-21/h6-11,14,22-23H,5H2,1-4H3/t14-/m1/s1. The maximum Gasteiger partial charge on any atom is 0.165 e. The SMILES string of the molecule is CC[C@@H]1C(=N)N(C(C)=N)c2cnc(-c3cn(C)nc3-c3nccs3)nc2N1c1ccn(C)n1. The predicted molar refractivity (Wildman–Crippen MR) is 128 cm³/mol. The van der Waals surface area contributed by atoms with Gasteiger partial charge in [-0.1, -0.05) is 6.92 Å². The van der Waals surface area contributed by atoms with E-state index in [2.05, 4.69) is 20.2 Å². The van der Waals surface area contributed by atoms with Crippen LogP contribution in [0.5, 0.6) is 0 Å². The second-order valence-electron chi connectivity index (χ2n) is 7.75. The molecule has 0 unspecified atom stereocenters. The molecule has 4 aromatic rings. The van der Waals surface area contributed by atoms with E-state index in [1.165, 1.54) is 11.3 Å². The maximum absolute atomic E-state index is 8.83. The van der Waals surface area contributed by atoms with Crippen LogP contribution in [0.1, 0.15) is 20.3 Å². The third-order valence-corrected chi connectivity index (χ3v) is 6.24. The quantitative estimate of drug-likeness (QED) is 0.352. The van der Waals surface area contributed by atoms with Crippen molar-refractivity contribution in [1.82, 2.24) is 34.5 Å². The molecule has 5 heterocycles. The molecule has 2 N–H and O–H groups in total. The highest BCUT2D eigenvalue weighted by Crippen LogP contribution is 2.41. The van der Waals surface area contributed by atoms with Crippen LogP contribution in [-0.4, -0.2) is 52.2 Å². The van der Waals surface area contributed by atoms with Crippen molar-refractivity contribution in [2.75, 3.05) is 9.80 Å². The summed E-state index contributed by atoms with van der Waals surface area (Å²) in [7, 11) is 3.71. The number of fused-ring (bicyclic) bond motifs is 1. The molecule has 5 rings (SSSR count). The minimum atomic E-state index is -0.331. The van der Waals surface area contributed by atoms with Gasteiger partial charge in [-0.25, -0.2) is 15.0 Å². The first-order chi connectivity index (χ1) is 15.9. The van der Waals surface area contributed by atoms with Gasteiger partial charge in [-0.3, -0.25) is 30.0 Å². The van der Waals surface area contributed by atoms with E-state index < -0.39 is 0 Å². The molecular formula is C21H23N11S. The molecule has 0 spiro atoms. The summed E-state index contributed by atoms with van der Waals surface area (Å²) in [5.74, 6) is 2.32. The average molecular weight is 462 g/mol. The third kappa shape index (κ3) is 3.39. The van der Waals surface area contributed by atoms with E-state index in [9.17, 15) is 0 Å². The molecular weight excluding hydrogens is 438 g/mol. The number of amidine groups is 2. The van der Waals surface area contributed by atoms with Crippen molar-refractivity contribution in [3.05, 3.63) is 36.2 Å². The second-order valence-corrected chi connectivity index (χ2v) is 8.65. The number of rotatable bonds is 4. The van der Waals surface area contributed by atoms with Crippen molar-refractivity contribution in [1.29, 1.82) is 10.8 Å². The largest absolute Gasteiger partial charge is 0.297 e. The lowest BCUT2D eigenvalue weighted by atomic mass is 10.1. The summed E-state index contributed by atoms with van der Waals surface area (Å²) in [6, 6.07) is 1.57. The average Bonchev–Trinajstić information content (AvgIpc) is 3.53. The molecule has 33 heavy (non-hydrogen) atoms. The summed E-state index contributed by atoms with van der Waals surface area (Å²) in [4.78, 5) is 17.5. The number of hydrogen-bond acceptors (Lipinski definition) is 9. The van der Waals surface area contributed by atoms with Gasteiger partial charge in [0.05, 0.1) is 17.8 Å². The van der Waals surface area contributed by atoms with Crippen molar-refractivity contribution < 1.29 is 0 Å². The van der Waals surface area contributed by atoms with Gasteiger partial charge in [0.15, 0.2) is 17.5 Å². The smallest absolute Gasteiger partial charge is 0.165 e. The number of thiazole rings is 1. The molecule has 11 nitrogen and oxygen atoms in total. The highest BCUT2D eigenvalue weighted by molar-refractivity contribution is 7.13. The van der Waals surface area contributed by atoms with E-state index in [4.69, 9.17) is 15.8 Å². The van der Waals surface area contributed by atoms with E-state index in [0.29, 0.717) is 41.1 Å². The Morgan fingerprint density at radius 3 is 2.64 bits per heavy atom. The molecule has 1 aliphatic rings. The van der Waals surface area contributed by atoms with Crippen molar-refractivity contribution in [2.24, 2.45) is 14.1 Å². The zero-order valence-corrected chi connectivity index (χ0v) is 19.5. The van der Waals surface area contributed by atoms with E-state index in [0.717, 1.165) is 10.6 Å². The van der Waals surface area contributed by atoms with Gasteiger partial charge in [0.25, 0.3) is 0 Å². The topological polar surface area (TPSA) is 128 Å². The normalized spacial score (nSPS) is 15.8. The van der Waals surface area contributed by atoms with Crippen LogP contribution in [0.2, 0.25) is 0 Å². The molecule has 0 aromatic carbocycles. The Bertz CT molecular complexity index is 1350. The van der Waals surface area contributed by atoms with Crippen LogP contribution in [-0.2, 0) is 14.1 Å². The minimum absolute atomic E-state index is 0.238. The van der Waals surface area contributed by atoms with E-state index >= 15 is 0 Å². The molecule has 0 bridgehead atoms. The molecule has 12 heteroatoms. The summed E-state index contributed by atoms with van der Waals surface area (Å²) in [6.45, 7) is 3.68. The number of hydrogen-bond donors (Lipinski definition) is 2. The first-order valence-corrected chi connectivity index (χ1v) is 11.3. The Morgan fingerprint density at radius 1 is 1.18 bits per heavy atom. The summed E-state index contributed by atoms with van der Waals surface area (Å²) >= 11 is 1.51. The Labute approximate surface area is 194 Å². The Morgan fingerprint density at radius 2 is 2.00 bits per heavy atom. The molecule has 1 aliphatic heterocycles. The molecule has 0 saturated carbocycles. The van der Waals surface area contributed by atoms with Crippen LogP contribution in [0.25, 0.3) is 22.1 Å². The molecule has 4 aromatic heterocycles. The van der Waals surface area contributed by atoms with Gasteiger partial charge in [-0.2, -0.15) is 10.2 Å². The summed E-state index contributed by atoms with van der Waals surface area (Å²) in [5, 5.41) is 29.0. The zero-order chi connectivity index (χ0) is 23.3. The van der Waals surface area contributed by atoms with Gasteiger partial charge < -0.3 is 0 Å². The number of aryl methyl sites for hydroxylation is 2. The first-order valence-electron chi connectivity index (χ1n) is 10.4. The van der Waals surface area contributed by atoms with Gasteiger partial charge in [-0.15, -0.1) is 11.3 Å². The minimum Gasteiger partial charge on any atom is -0.297 e. The van der Waals surface area contributed by atoms with Crippen molar-refractivity contribution in [2.45, 2.75) is 26.3 Å². The van der Waals surface area contributed by atoms with Gasteiger partial charge in [0.1, 0.15) is 28.1 Å². The predicted octanol–water partition coefficient (Wildman–Crippen LogP) is 3.45. The fraction of sp³-hybridized carbons (Fsp3) is 0.286. The van der Waals surface area contributed by atoms with Crippen molar-refractivity contribution in [3.63, 3.8) is 0 Å². The van der Waals surface area contributed by atoms with Gasteiger partial charge in [0, 0.05) is 44.1 Å². The molecule has 0 radical (unpaired) electrons. The van der Waals surface area contributed by atoms with Gasteiger partial charge >= 0.3 is 0 Å². The maximum atomic E-state index is 8.83. The number of nitrogens with one attached hydrogen (secondary N) is 2. The van der Waals surface area contributed by atoms with Gasteiger partial charge in [-0.05, 0) is 13.3 Å². The van der Waals surface area contributed by atoms with E-state index in [1.807, 2.05) is 49.8 Å². The molecule has 0 fully saturated rings. The van der Waals surface area contributed by atoms with E-state index in [1.54, 1.807) is 33.6 Å². The third-order valence-electron chi connectivity index (χ3n) is 5.46. The number of nitrogens with zero attached hydrogens (tertiary/aromatic N) is 9. The van der Waals surface area contributed by atoms with Crippen LogP contribution in [0.3, 0.4) is 0 Å². The van der Waals surface area contributed by atoms with Crippen LogP contribution in [0.4, 0.5) is 17.3 Å². The highest BCUT2D eigenvalue weighted by Gasteiger charge is 2.39. The van der Waals surface area contributed by atoms with Crippen LogP contribution < -0.4 is 9.80 Å². The highest BCUT2D eigenvalue weighted by atomic mass is 32.1. The lowest BCUT2D eigenvalue weighted by molar-refractivity contribution is 0.712. The Balaban J connectivity index is 1.73. The summed E-state index contributed by atoms with van der Waals surface area (Å²) in [5.41, 5.74) is 2.06. The van der Waals surface area contributed by atoms with Crippen LogP contribution >= 0.6 is 11.3 Å². The lowest BCUT2D eigenvalue weighted by Gasteiger charge is -2.42.